The number of carboxylic acid groups (broad SMARTS) is 1. The average molecular weight is 285 g/mol. The number of rotatable bonds is 6. The maximum Gasteiger partial charge on any atom is 0.354 e. The first-order valence-electron chi connectivity index (χ1n) is 6.96. The first kappa shape index (κ1) is 14.8. The largest absolute Gasteiger partial charge is 0.477 e. The van der Waals surface area contributed by atoms with E-state index in [1.165, 1.54) is 30.5 Å². The summed E-state index contributed by atoms with van der Waals surface area (Å²) in [5.41, 5.74) is 8.30. The van der Waals surface area contributed by atoms with Gasteiger partial charge < -0.3 is 16.2 Å². The van der Waals surface area contributed by atoms with Gasteiger partial charge in [-0.3, -0.25) is 0 Å². The minimum atomic E-state index is -1.08. The summed E-state index contributed by atoms with van der Waals surface area (Å²) in [6.07, 6.45) is 3.40. The Bertz CT molecular complexity index is 624. The number of hydrogen-bond acceptors (Lipinski definition) is 4. The second kappa shape index (κ2) is 6.74. The van der Waals surface area contributed by atoms with Gasteiger partial charge >= 0.3 is 5.97 Å². The van der Waals surface area contributed by atoms with E-state index in [1.54, 1.807) is 0 Å². The van der Waals surface area contributed by atoms with E-state index < -0.39 is 5.97 Å². The van der Waals surface area contributed by atoms with Crippen LogP contribution in [0, 0.1) is 0 Å². The lowest BCUT2D eigenvalue weighted by Crippen LogP contribution is -2.05. The molecule has 0 saturated carbocycles. The number of nitrogens with one attached hydrogen (secondary N) is 1. The van der Waals surface area contributed by atoms with Gasteiger partial charge in [-0.15, -0.1) is 0 Å². The van der Waals surface area contributed by atoms with Crippen molar-refractivity contribution in [2.45, 2.75) is 26.2 Å². The Balaban J connectivity index is 2.14. The van der Waals surface area contributed by atoms with Crippen LogP contribution in [-0.2, 0) is 6.42 Å². The van der Waals surface area contributed by atoms with Gasteiger partial charge in [0.25, 0.3) is 0 Å². The number of carboxylic acids is 1. The first-order valence-corrected chi connectivity index (χ1v) is 6.96. The van der Waals surface area contributed by atoms with Crippen molar-refractivity contribution in [3.8, 4) is 0 Å². The van der Waals surface area contributed by atoms with Crippen LogP contribution in [0.2, 0.25) is 0 Å². The van der Waals surface area contributed by atoms with Crippen LogP contribution in [0.3, 0.4) is 0 Å². The number of nitrogen functional groups attached to an aromatic ring is 1. The molecule has 0 saturated heterocycles. The molecule has 4 N–H and O–H groups in total. The monoisotopic (exact) mass is 285 g/mol. The number of aryl methyl sites for hydroxylation is 1. The van der Waals surface area contributed by atoms with E-state index in [4.69, 9.17) is 10.8 Å². The molecular formula is C16H19N3O2. The molecule has 1 aromatic heterocycles. The molecule has 0 amide bonds. The lowest BCUT2D eigenvalue weighted by molar-refractivity contribution is 0.0690. The molecule has 0 unspecified atom stereocenters. The van der Waals surface area contributed by atoms with Gasteiger partial charge in [0.1, 0.15) is 0 Å². The number of unbranched alkanes of at least 4 members (excludes halogenated alkanes) is 1. The third-order valence-electron chi connectivity index (χ3n) is 3.18. The molecule has 5 heteroatoms. The van der Waals surface area contributed by atoms with Gasteiger partial charge in [0.15, 0.2) is 11.5 Å². The highest BCUT2D eigenvalue weighted by Crippen LogP contribution is 2.22. The number of nitrogens with two attached hydrogens (primary N) is 1. The summed E-state index contributed by atoms with van der Waals surface area (Å²) in [6.45, 7) is 2.17. The lowest BCUT2D eigenvalue weighted by atomic mass is 10.1. The fraction of sp³-hybridized carbons (Fsp3) is 0.250. The average Bonchev–Trinajstić information content (AvgIpc) is 2.48. The predicted octanol–water partition coefficient (Wildman–Crippen LogP) is 3.45. The van der Waals surface area contributed by atoms with Crippen LogP contribution in [0.5, 0.6) is 0 Å². The number of aromatic nitrogens is 1. The van der Waals surface area contributed by atoms with Crippen LogP contribution >= 0.6 is 0 Å². The first-order chi connectivity index (χ1) is 10.1. The van der Waals surface area contributed by atoms with Crippen LogP contribution in [0.4, 0.5) is 17.2 Å². The molecule has 2 rings (SSSR count). The summed E-state index contributed by atoms with van der Waals surface area (Å²) in [4.78, 5) is 14.9. The van der Waals surface area contributed by atoms with Crippen molar-refractivity contribution in [2.75, 3.05) is 11.1 Å². The lowest BCUT2D eigenvalue weighted by Gasteiger charge is -2.09. The minimum absolute atomic E-state index is 0.0359. The topological polar surface area (TPSA) is 88.2 Å². The molecule has 0 aliphatic rings. The quantitative estimate of drug-likeness (QED) is 0.756. The molecule has 0 aliphatic heterocycles. The highest BCUT2D eigenvalue weighted by Gasteiger charge is 2.08. The van der Waals surface area contributed by atoms with E-state index in [2.05, 4.69) is 29.4 Å². The number of pyridine rings is 1. The number of nitrogens with zero attached hydrogens (tertiary/aromatic N) is 1. The van der Waals surface area contributed by atoms with Crippen LogP contribution in [0.15, 0.2) is 36.4 Å². The highest BCUT2D eigenvalue weighted by molar-refractivity contribution is 5.87. The minimum Gasteiger partial charge on any atom is -0.477 e. The van der Waals surface area contributed by atoms with Crippen molar-refractivity contribution < 1.29 is 9.90 Å². The summed E-state index contributed by atoms with van der Waals surface area (Å²) in [5, 5.41) is 12.0. The number of carbonyl (C=O) groups is 1. The van der Waals surface area contributed by atoms with Crippen LogP contribution in [0.25, 0.3) is 0 Å². The summed E-state index contributed by atoms with van der Waals surface area (Å²) >= 11 is 0. The van der Waals surface area contributed by atoms with Gasteiger partial charge in [-0.05, 0) is 42.7 Å². The maximum atomic E-state index is 10.9. The maximum absolute atomic E-state index is 10.9. The van der Waals surface area contributed by atoms with E-state index in [0.717, 1.165) is 12.1 Å². The smallest absolute Gasteiger partial charge is 0.354 e. The second-order valence-corrected chi connectivity index (χ2v) is 4.86. The van der Waals surface area contributed by atoms with E-state index in [-0.39, 0.29) is 5.69 Å². The Morgan fingerprint density at radius 2 is 1.95 bits per heavy atom. The Kier molecular flexibility index (Phi) is 4.77. The van der Waals surface area contributed by atoms with E-state index in [9.17, 15) is 4.79 Å². The summed E-state index contributed by atoms with van der Waals surface area (Å²) in [5.74, 6) is -0.718. The molecule has 0 bridgehead atoms. The zero-order valence-electron chi connectivity index (χ0n) is 12.0. The summed E-state index contributed by atoms with van der Waals surface area (Å²) in [7, 11) is 0. The number of anilines is 3. The molecule has 0 fully saturated rings. The predicted molar refractivity (Wildman–Crippen MR) is 83.9 cm³/mol. The van der Waals surface area contributed by atoms with Crippen molar-refractivity contribution in [1.82, 2.24) is 4.98 Å². The van der Waals surface area contributed by atoms with Crippen LogP contribution in [-0.4, -0.2) is 16.1 Å². The van der Waals surface area contributed by atoms with E-state index in [1.807, 2.05) is 12.1 Å². The zero-order chi connectivity index (χ0) is 15.2. The zero-order valence-corrected chi connectivity index (χ0v) is 12.0. The second-order valence-electron chi connectivity index (χ2n) is 4.86. The van der Waals surface area contributed by atoms with Crippen molar-refractivity contribution in [3.05, 3.63) is 47.7 Å². The molecule has 0 atom stereocenters. The molecular weight excluding hydrogens is 266 g/mol. The highest BCUT2D eigenvalue weighted by atomic mass is 16.4. The van der Waals surface area contributed by atoms with E-state index >= 15 is 0 Å². The molecule has 2 aromatic rings. The van der Waals surface area contributed by atoms with Gasteiger partial charge in [-0.25, -0.2) is 9.78 Å². The van der Waals surface area contributed by atoms with Crippen LogP contribution < -0.4 is 11.1 Å². The Morgan fingerprint density at radius 1 is 1.24 bits per heavy atom. The van der Waals surface area contributed by atoms with Gasteiger partial charge in [-0.2, -0.15) is 0 Å². The van der Waals surface area contributed by atoms with E-state index in [0.29, 0.717) is 11.5 Å². The van der Waals surface area contributed by atoms with Crippen molar-refractivity contribution in [1.29, 1.82) is 0 Å². The van der Waals surface area contributed by atoms with Gasteiger partial charge in [0, 0.05) is 5.69 Å². The van der Waals surface area contributed by atoms with Crippen molar-refractivity contribution in [2.24, 2.45) is 0 Å². The van der Waals surface area contributed by atoms with Gasteiger partial charge in [0.05, 0.1) is 5.69 Å². The summed E-state index contributed by atoms with van der Waals surface area (Å²) < 4.78 is 0. The van der Waals surface area contributed by atoms with Crippen LogP contribution in [0.1, 0.15) is 35.8 Å². The molecule has 0 radical (unpaired) electrons. The number of aromatic carboxylic acids is 1. The third kappa shape index (κ3) is 3.95. The van der Waals surface area contributed by atoms with Crippen molar-refractivity contribution in [3.63, 3.8) is 0 Å². The molecule has 0 aliphatic carbocycles. The molecule has 1 aromatic carbocycles. The molecule has 5 nitrogen and oxygen atoms in total. The fourth-order valence-electron chi connectivity index (χ4n) is 1.96. The molecule has 1 heterocycles. The molecule has 21 heavy (non-hydrogen) atoms. The van der Waals surface area contributed by atoms with Gasteiger partial charge in [0.2, 0.25) is 0 Å². The Morgan fingerprint density at radius 3 is 2.57 bits per heavy atom. The Labute approximate surface area is 123 Å². The number of benzene rings is 1. The fourth-order valence-corrected chi connectivity index (χ4v) is 1.96. The third-order valence-corrected chi connectivity index (χ3v) is 3.18. The van der Waals surface area contributed by atoms with Crippen molar-refractivity contribution >= 4 is 23.2 Å². The number of hydrogen-bond donors (Lipinski definition) is 3. The SMILES string of the molecule is CCCCc1ccc(Nc2nc(C(=O)O)ccc2N)cc1. The molecule has 110 valence electrons. The van der Waals surface area contributed by atoms with Gasteiger partial charge in [-0.1, -0.05) is 25.5 Å². The normalized spacial score (nSPS) is 10.3. The molecule has 0 spiro atoms. The Hall–Kier alpha value is -2.56. The summed E-state index contributed by atoms with van der Waals surface area (Å²) in [6, 6.07) is 10.9. The standard InChI is InChI=1S/C16H19N3O2/c1-2-3-4-11-5-7-12(8-6-11)18-15-13(17)9-10-14(19-15)16(20)21/h5-10H,2-4,17H2,1H3,(H,18,19)(H,20,21).